The maximum atomic E-state index is 12.4. The van der Waals surface area contributed by atoms with E-state index in [4.69, 9.17) is 21.1 Å². The van der Waals surface area contributed by atoms with E-state index in [0.29, 0.717) is 40.9 Å². The van der Waals surface area contributed by atoms with Crippen molar-refractivity contribution in [3.63, 3.8) is 0 Å². The molecule has 2 heterocycles. The first kappa shape index (κ1) is 12.9. The number of benzene rings is 1. The summed E-state index contributed by atoms with van der Waals surface area (Å²) in [6, 6.07) is 6.77. The van der Waals surface area contributed by atoms with Crippen LogP contribution in [0.4, 0.5) is 0 Å². The van der Waals surface area contributed by atoms with Gasteiger partial charge in [-0.3, -0.25) is 9.78 Å². The average molecular weight is 290 g/mol. The number of aromatic nitrogens is 1. The molecule has 0 aliphatic carbocycles. The van der Waals surface area contributed by atoms with Crippen molar-refractivity contribution < 1.29 is 14.3 Å². The number of hydrogen-bond donors (Lipinski definition) is 0. The summed E-state index contributed by atoms with van der Waals surface area (Å²) in [6.07, 6.45) is 3.83. The molecular formula is C15H12ClNO3. The summed E-state index contributed by atoms with van der Waals surface area (Å²) in [5, 5.41) is 0.338. The lowest BCUT2D eigenvalue weighted by Crippen LogP contribution is -2.03. The van der Waals surface area contributed by atoms with Crippen LogP contribution in [0.2, 0.25) is 5.02 Å². The molecule has 0 fully saturated rings. The number of hydrogen-bond acceptors (Lipinski definition) is 4. The third-order valence-electron chi connectivity index (χ3n) is 3.03. The molecule has 0 bridgehead atoms. The van der Waals surface area contributed by atoms with Gasteiger partial charge in [0, 0.05) is 29.9 Å². The van der Waals surface area contributed by atoms with Gasteiger partial charge in [-0.25, -0.2) is 0 Å². The Bertz CT molecular complexity index is 657. The van der Waals surface area contributed by atoms with E-state index in [1.165, 1.54) is 6.20 Å². The summed E-state index contributed by atoms with van der Waals surface area (Å²) in [7, 11) is 0. The van der Waals surface area contributed by atoms with E-state index in [1.54, 1.807) is 30.5 Å². The van der Waals surface area contributed by atoms with Gasteiger partial charge in [0.05, 0.1) is 18.2 Å². The first-order chi connectivity index (χ1) is 9.75. The fourth-order valence-electron chi connectivity index (χ4n) is 2.02. The van der Waals surface area contributed by atoms with E-state index >= 15 is 0 Å². The minimum atomic E-state index is -0.159. The molecule has 1 aromatic heterocycles. The van der Waals surface area contributed by atoms with Crippen LogP contribution in [0.15, 0.2) is 36.7 Å². The van der Waals surface area contributed by atoms with Gasteiger partial charge in [0.25, 0.3) is 0 Å². The highest BCUT2D eigenvalue weighted by Gasteiger charge is 2.17. The zero-order valence-corrected chi connectivity index (χ0v) is 11.4. The summed E-state index contributed by atoms with van der Waals surface area (Å²) in [4.78, 5) is 16.3. The van der Waals surface area contributed by atoms with Crippen molar-refractivity contribution >= 4 is 17.4 Å². The maximum Gasteiger partial charge on any atom is 0.194 e. The number of carbonyl (C=O) groups is 1. The second kappa shape index (κ2) is 5.51. The van der Waals surface area contributed by atoms with Crippen LogP contribution in [-0.4, -0.2) is 24.0 Å². The highest BCUT2D eigenvalue weighted by atomic mass is 35.5. The predicted molar refractivity (Wildman–Crippen MR) is 74.7 cm³/mol. The van der Waals surface area contributed by atoms with Gasteiger partial charge in [-0.15, -0.1) is 0 Å². The van der Waals surface area contributed by atoms with Crippen molar-refractivity contribution in [2.45, 2.75) is 6.42 Å². The zero-order chi connectivity index (χ0) is 13.9. The Balaban J connectivity index is 1.97. The van der Waals surface area contributed by atoms with Gasteiger partial charge in [0.15, 0.2) is 17.3 Å². The molecule has 5 heteroatoms. The number of pyridine rings is 1. The molecule has 3 rings (SSSR count). The van der Waals surface area contributed by atoms with Crippen molar-refractivity contribution in [2.24, 2.45) is 0 Å². The summed E-state index contributed by atoms with van der Waals surface area (Å²) in [6.45, 7) is 1.21. The van der Waals surface area contributed by atoms with Crippen LogP contribution >= 0.6 is 11.6 Å². The quantitative estimate of drug-likeness (QED) is 0.797. The van der Waals surface area contributed by atoms with Crippen molar-refractivity contribution in [3.05, 3.63) is 52.8 Å². The number of rotatable bonds is 2. The number of carbonyl (C=O) groups excluding carboxylic acids is 1. The first-order valence-corrected chi connectivity index (χ1v) is 6.67. The second-order valence-electron chi connectivity index (χ2n) is 4.40. The fourth-order valence-corrected chi connectivity index (χ4v) is 2.22. The molecule has 0 spiro atoms. The van der Waals surface area contributed by atoms with E-state index in [-0.39, 0.29) is 5.78 Å². The number of nitrogens with zero attached hydrogens (tertiary/aromatic N) is 1. The number of ketones is 1. The van der Waals surface area contributed by atoms with Crippen LogP contribution in [0, 0.1) is 0 Å². The number of fused-ring (bicyclic) bond motifs is 1. The molecule has 4 nitrogen and oxygen atoms in total. The number of halogens is 1. The normalized spacial score (nSPS) is 13.7. The Morgan fingerprint density at radius 2 is 1.95 bits per heavy atom. The summed E-state index contributed by atoms with van der Waals surface area (Å²) < 4.78 is 11.1. The van der Waals surface area contributed by atoms with E-state index in [1.807, 2.05) is 0 Å². The minimum Gasteiger partial charge on any atom is -0.490 e. The molecule has 0 unspecified atom stereocenters. The Kier molecular flexibility index (Phi) is 3.56. The smallest absolute Gasteiger partial charge is 0.194 e. The van der Waals surface area contributed by atoms with Crippen molar-refractivity contribution in [1.29, 1.82) is 0 Å². The molecule has 1 aromatic carbocycles. The van der Waals surface area contributed by atoms with Crippen molar-refractivity contribution in [1.82, 2.24) is 4.98 Å². The SMILES string of the molecule is O=C(c1ccc2c(c1)OCCCO2)c1ccncc1Cl. The molecule has 2 aromatic rings. The van der Waals surface area contributed by atoms with Crippen LogP contribution in [0.5, 0.6) is 11.5 Å². The van der Waals surface area contributed by atoms with Crippen LogP contribution in [0.1, 0.15) is 22.3 Å². The van der Waals surface area contributed by atoms with E-state index in [2.05, 4.69) is 4.98 Å². The number of ether oxygens (including phenoxy) is 2. The first-order valence-electron chi connectivity index (χ1n) is 6.29. The molecule has 0 saturated heterocycles. The summed E-state index contributed by atoms with van der Waals surface area (Å²) >= 11 is 6.00. The minimum absolute atomic E-state index is 0.159. The Hall–Kier alpha value is -2.07. The standard InChI is InChI=1S/C15H12ClNO3/c16-12-9-17-5-4-11(12)15(18)10-2-3-13-14(8-10)20-7-1-6-19-13/h2-5,8-9H,1,6-7H2. The van der Waals surface area contributed by atoms with Gasteiger partial charge in [-0.05, 0) is 24.3 Å². The predicted octanol–water partition coefficient (Wildman–Crippen LogP) is 3.13. The molecule has 102 valence electrons. The highest BCUT2D eigenvalue weighted by molar-refractivity contribution is 6.34. The van der Waals surface area contributed by atoms with Gasteiger partial charge >= 0.3 is 0 Å². The molecule has 0 N–H and O–H groups in total. The lowest BCUT2D eigenvalue weighted by Gasteiger charge is -2.09. The molecule has 0 atom stereocenters. The van der Waals surface area contributed by atoms with Gasteiger partial charge < -0.3 is 9.47 Å². The largest absolute Gasteiger partial charge is 0.490 e. The third kappa shape index (κ3) is 2.47. The lowest BCUT2D eigenvalue weighted by atomic mass is 10.0. The van der Waals surface area contributed by atoms with Crippen molar-refractivity contribution in [2.75, 3.05) is 13.2 Å². The van der Waals surface area contributed by atoms with Crippen LogP contribution in [0.3, 0.4) is 0 Å². The Morgan fingerprint density at radius 3 is 2.75 bits per heavy atom. The zero-order valence-electron chi connectivity index (χ0n) is 10.6. The highest BCUT2D eigenvalue weighted by Crippen LogP contribution is 2.31. The van der Waals surface area contributed by atoms with Crippen LogP contribution < -0.4 is 9.47 Å². The van der Waals surface area contributed by atoms with Crippen LogP contribution in [0.25, 0.3) is 0 Å². The monoisotopic (exact) mass is 289 g/mol. The molecule has 1 aliphatic heterocycles. The summed E-state index contributed by atoms with van der Waals surface area (Å²) in [5.74, 6) is 1.10. The van der Waals surface area contributed by atoms with Gasteiger partial charge in [0.2, 0.25) is 0 Å². The molecule has 0 amide bonds. The molecule has 0 saturated carbocycles. The Labute approximate surface area is 121 Å². The molecule has 20 heavy (non-hydrogen) atoms. The topological polar surface area (TPSA) is 48.4 Å². The molecular weight excluding hydrogens is 278 g/mol. The fraction of sp³-hybridized carbons (Fsp3) is 0.200. The summed E-state index contributed by atoms with van der Waals surface area (Å²) in [5.41, 5.74) is 0.943. The average Bonchev–Trinajstić information content (AvgIpc) is 2.71. The van der Waals surface area contributed by atoms with Gasteiger partial charge in [-0.2, -0.15) is 0 Å². The second-order valence-corrected chi connectivity index (χ2v) is 4.80. The Morgan fingerprint density at radius 1 is 1.15 bits per heavy atom. The van der Waals surface area contributed by atoms with E-state index < -0.39 is 0 Å². The molecule has 0 radical (unpaired) electrons. The van der Waals surface area contributed by atoms with Gasteiger partial charge in [0.1, 0.15) is 0 Å². The van der Waals surface area contributed by atoms with Gasteiger partial charge in [-0.1, -0.05) is 11.6 Å². The van der Waals surface area contributed by atoms with E-state index in [9.17, 15) is 4.79 Å². The lowest BCUT2D eigenvalue weighted by molar-refractivity contribution is 0.103. The molecule has 1 aliphatic rings. The van der Waals surface area contributed by atoms with Crippen LogP contribution in [-0.2, 0) is 0 Å². The van der Waals surface area contributed by atoms with E-state index in [0.717, 1.165) is 6.42 Å². The van der Waals surface area contributed by atoms with Crippen molar-refractivity contribution in [3.8, 4) is 11.5 Å². The maximum absolute atomic E-state index is 12.4. The third-order valence-corrected chi connectivity index (χ3v) is 3.33.